The standard InChI is InChI=1S/C35H52N2O9/c1-3-5-7-10-13-16-27(38)17-14-11-8-9-12-15-18-29(35(45,34(43)44)25-31(36)39)32(40)37-30(33(41)42)24-26-19-21-28(22-20-26)46-23-6-4-2/h15,18-22,27,29-30,38,45H,3,5,7-14,16-17,23-25H2,1-2H3,(H2,36,39)(H,37,40)(H,41,42)(H,43,44)/t27?,29-,30+,35+/m1/s1. The van der Waals surface area contributed by atoms with Crippen LogP contribution in [0.2, 0.25) is 0 Å². The van der Waals surface area contributed by atoms with Crippen LogP contribution in [0.1, 0.15) is 103 Å². The second kappa shape index (κ2) is 22.6. The number of carboxylic acids is 2. The number of aliphatic hydroxyl groups excluding tert-OH is 1. The zero-order valence-electron chi connectivity index (χ0n) is 27.2. The van der Waals surface area contributed by atoms with Crippen molar-refractivity contribution in [3.05, 3.63) is 42.0 Å². The fraction of sp³-hybridized carbons (Fsp3) is 0.600. The topological polar surface area (TPSA) is 196 Å². The number of ether oxygens (including phenoxy) is 1. The zero-order valence-corrected chi connectivity index (χ0v) is 27.2. The van der Waals surface area contributed by atoms with Crippen LogP contribution in [-0.4, -0.2) is 68.5 Å². The summed E-state index contributed by atoms with van der Waals surface area (Å²) in [7, 11) is 0. The fourth-order valence-electron chi connectivity index (χ4n) is 5.01. The Morgan fingerprint density at radius 3 is 2.13 bits per heavy atom. The van der Waals surface area contributed by atoms with E-state index < -0.39 is 47.7 Å². The fourth-order valence-corrected chi connectivity index (χ4v) is 5.01. The van der Waals surface area contributed by atoms with Crippen LogP contribution in [0.5, 0.6) is 5.75 Å². The second-order valence-electron chi connectivity index (χ2n) is 11.6. The number of primary amides is 1. The Labute approximate surface area is 272 Å². The molecule has 11 heteroatoms. The molecule has 0 spiro atoms. The van der Waals surface area contributed by atoms with E-state index in [9.17, 15) is 39.6 Å². The van der Waals surface area contributed by atoms with Crippen molar-refractivity contribution in [3.8, 4) is 17.6 Å². The summed E-state index contributed by atoms with van der Waals surface area (Å²) in [5.74, 6) is -1.21. The van der Waals surface area contributed by atoms with E-state index in [0.29, 0.717) is 24.2 Å². The first-order valence-corrected chi connectivity index (χ1v) is 16.2. The molecule has 0 heterocycles. The largest absolute Gasteiger partial charge is 0.481 e. The number of aliphatic hydroxyl groups is 2. The van der Waals surface area contributed by atoms with Gasteiger partial charge in [-0.25, -0.2) is 9.59 Å². The van der Waals surface area contributed by atoms with Gasteiger partial charge in [-0.3, -0.25) is 9.59 Å². The highest BCUT2D eigenvalue weighted by Crippen LogP contribution is 2.25. The highest BCUT2D eigenvalue weighted by molar-refractivity contribution is 5.95. The molecule has 4 atom stereocenters. The predicted octanol–water partition coefficient (Wildman–Crippen LogP) is 4.13. The molecule has 7 N–H and O–H groups in total. The maximum Gasteiger partial charge on any atom is 0.337 e. The van der Waals surface area contributed by atoms with E-state index in [0.717, 1.165) is 44.9 Å². The van der Waals surface area contributed by atoms with Crippen LogP contribution in [-0.2, 0) is 25.6 Å². The lowest BCUT2D eigenvalue weighted by Gasteiger charge is -2.29. The molecule has 0 bridgehead atoms. The van der Waals surface area contributed by atoms with Crippen LogP contribution < -0.4 is 15.8 Å². The molecule has 0 aliphatic heterocycles. The quantitative estimate of drug-likeness (QED) is 0.0515. The number of benzene rings is 1. The summed E-state index contributed by atoms with van der Waals surface area (Å²) in [4.78, 5) is 49.1. The van der Waals surface area contributed by atoms with E-state index >= 15 is 0 Å². The molecule has 1 unspecified atom stereocenters. The monoisotopic (exact) mass is 644 g/mol. The van der Waals surface area contributed by atoms with Gasteiger partial charge in [0, 0.05) is 6.42 Å². The number of amides is 2. The Bertz CT molecular complexity index is 1170. The average molecular weight is 645 g/mol. The molecule has 1 aromatic rings. The molecule has 256 valence electrons. The molecule has 0 aliphatic carbocycles. The highest BCUT2D eigenvalue weighted by Gasteiger charge is 2.48. The van der Waals surface area contributed by atoms with Crippen molar-refractivity contribution in [3.63, 3.8) is 0 Å². The molecule has 1 aromatic carbocycles. The second-order valence-corrected chi connectivity index (χ2v) is 11.6. The molecule has 2 amide bonds. The van der Waals surface area contributed by atoms with Crippen molar-refractivity contribution in [1.82, 2.24) is 5.32 Å². The van der Waals surface area contributed by atoms with E-state index in [1.807, 2.05) is 0 Å². The molecular formula is C35H52N2O9. The predicted molar refractivity (Wildman–Crippen MR) is 175 cm³/mol. The molecule has 0 saturated carbocycles. The number of nitrogens with two attached hydrogens (primary N) is 1. The van der Waals surface area contributed by atoms with Crippen molar-refractivity contribution in [2.45, 2.75) is 121 Å². The number of rotatable bonds is 25. The Morgan fingerprint density at radius 1 is 0.978 bits per heavy atom. The third kappa shape index (κ3) is 15.9. The summed E-state index contributed by atoms with van der Waals surface area (Å²) in [6.45, 7) is 4.05. The van der Waals surface area contributed by atoms with Gasteiger partial charge in [0.25, 0.3) is 0 Å². The maximum atomic E-state index is 13.3. The van der Waals surface area contributed by atoms with E-state index in [1.165, 1.54) is 25.3 Å². The van der Waals surface area contributed by atoms with Gasteiger partial charge in [-0.2, -0.15) is 0 Å². The van der Waals surface area contributed by atoms with Gasteiger partial charge in [0.15, 0.2) is 5.60 Å². The smallest absolute Gasteiger partial charge is 0.337 e. The lowest BCUT2D eigenvalue weighted by atomic mass is 9.82. The van der Waals surface area contributed by atoms with Crippen LogP contribution in [0.25, 0.3) is 0 Å². The summed E-state index contributed by atoms with van der Waals surface area (Å²) >= 11 is 0. The minimum atomic E-state index is -2.89. The van der Waals surface area contributed by atoms with E-state index in [1.54, 1.807) is 37.3 Å². The number of unbranched alkanes of at least 4 members (excludes halogenated alkanes) is 8. The molecule has 46 heavy (non-hydrogen) atoms. The van der Waals surface area contributed by atoms with Gasteiger partial charge in [-0.05, 0) is 50.3 Å². The van der Waals surface area contributed by atoms with Crippen LogP contribution in [0, 0.1) is 17.8 Å². The number of aliphatic carboxylic acids is 2. The number of hydrogen-bond donors (Lipinski definition) is 6. The molecule has 1 rings (SSSR count). The minimum absolute atomic E-state index is 0.137. The van der Waals surface area contributed by atoms with Crippen LogP contribution in [0.3, 0.4) is 0 Å². The van der Waals surface area contributed by atoms with Gasteiger partial charge in [0.1, 0.15) is 18.4 Å². The molecule has 0 fully saturated rings. The first kappa shape index (κ1) is 40.1. The van der Waals surface area contributed by atoms with Gasteiger partial charge >= 0.3 is 11.9 Å². The van der Waals surface area contributed by atoms with Crippen molar-refractivity contribution in [1.29, 1.82) is 0 Å². The van der Waals surface area contributed by atoms with Crippen molar-refractivity contribution in [2.24, 2.45) is 11.7 Å². The third-order valence-corrected chi connectivity index (χ3v) is 7.70. The van der Waals surface area contributed by atoms with E-state index in [4.69, 9.17) is 10.5 Å². The summed E-state index contributed by atoms with van der Waals surface area (Å²) in [5.41, 5.74) is 2.87. The van der Waals surface area contributed by atoms with Gasteiger partial charge in [-0.1, -0.05) is 88.5 Å². The van der Waals surface area contributed by atoms with Gasteiger partial charge < -0.3 is 36.2 Å². The number of allylic oxidation sites excluding steroid dienone is 1. The van der Waals surface area contributed by atoms with Crippen molar-refractivity contribution < 1.29 is 44.3 Å². The van der Waals surface area contributed by atoms with Gasteiger partial charge in [-0.15, -0.1) is 5.92 Å². The Morgan fingerprint density at radius 2 is 1.59 bits per heavy atom. The lowest BCUT2D eigenvalue weighted by Crippen LogP contribution is -2.56. The van der Waals surface area contributed by atoms with Crippen LogP contribution in [0.4, 0.5) is 0 Å². The number of carbonyl (C=O) groups excluding carboxylic acids is 2. The normalized spacial score (nSPS) is 14.3. The maximum absolute atomic E-state index is 13.3. The summed E-state index contributed by atoms with van der Waals surface area (Å²) in [6.07, 6.45) is 12.4. The SMILES string of the molecule is CC#CCOc1ccc(C[C@H](NC(=O)[C@@H](C=CCCCCCCC(O)CCCCCCC)[C@@](O)(CC(N)=O)C(=O)O)C(=O)O)cc1. The van der Waals surface area contributed by atoms with Crippen LogP contribution >= 0.6 is 0 Å². The molecular weight excluding hydrogens is 592 g/mol. The Kier molecular flexibility index (Phi) is 19.7. The van der Waals surface area contributed by atoms with Gasteiger partial charge in [0.05, 0.1) is 18.4 Å². The zero-order chi connectivity index (χ0) is 34.4. The first-order valence-electron chi connectivity index (χ1n) is 16.2. The van der Waals surface area contributed by atoms with Crippen LogP contribution in [0.15, 0.2) is 36.4 Å². The van der Waals surface area contributed by atoms with Crippen molar-refractivity contribution in [2.75, 3.05) is 6.61 Å². The lowest BCUT2D eigenvalue weighted by molar-refractivity contribution is -0.169. The Hall–Kier alpha value is -3.88. The Balaban J connectivity index is 2.82. The number of carbonyl (C=O) groups is 4. The molecule has 0 radical (unpaired) electrons. The number of hydrogen-bond acceptors (Lipinski definition) is 7. The highest BCUT2D eigenvalue weighted by atomic mass is 16.5. The van der Waals surface area contributed by atoms with Crippen molar-refractivity contribution >= 4 is 23.8 Å². The molecule has 0 saturated heterocycles. The first-order chi connectivity index (χ1) is 21.9. The summed E-state index contributed by atoms with van der Waals surface area (Å²) in [5, 5.41) is 43.1. The molecule has 0 aliphatic rings. The van der Waals surface area contributed by atoms with Gasteiger partial charge in [0.2, 0.25) is 11.8 Å². The van der Waals surface area contributed by atoms with E-state index in [2.05, 4.69) is 24.1 Å². The molecule has 11 nitrogen and oxygen atoms in total. The summed E-state index contributed by atoms with van der Waals surface area (Å²) < 4.78 is 5.45. The third-order valence-electron chi connectivity index (χ3n) is 7.70. The molecule has 0 aromatic heterocycles. The summed E-state index contributed by atoms with van der Waals surface area (Å²) in [6, 6.07) is 5.06. The number of carboxylic acid groups (broad SMARTS) is 2. The number of nitrogens with one attached hydrogen (secondary N) is 1. The minimum Gasteiger partial charge on any atom is -0.481 e. The average Bonchev–Trinajstić information content (AvgIpc) is 3.00. The van der Waals surface area contributed by atoms with E-state index in [-0.39, 0.29) is 19.1 Å².